The molecule has 0 aliphatic heterocycles. The number of hydrogen-bond acceptors (Lipinski definition) is 2. The van der Waals surface area contributed by atoms with E-state index in [4.69, 9.17) is 0 Å². The zero-order valence-corrected chi connectivity index (χ0v) is 5.09. The van der Waals surface area contributed by atoms with Crippen LogP contribution in [-0.4, -0.2) is 5.16 Å². The molecule has 0 unspecified atom stereocenters. The molecule has 0 aromatic carbocycles. The Kier molecular flexibility index (Phi) is 2.44. The molecule has 1 N–H and O–H groups in total. The number of rotatable bonds is 0. The van der Waals surface area contributed by atoms with Crippen molar-refractivity contribution in [2.24, 2.45) is 0 Å². The number of aromatic amines is 1. The van der Waals surface area contributed by atoms with Gasteiger partial charge in [0.25, 0.3) is 5.56 Å². The molecule has 0 bridgehead atoms. The lowest BCUT2D eigenvalue weighted by atomic mass is 10.8. The van der Waals surface area contributed by atoms with E-state index in [0.717, 1.165) is 0 Å². The Balaban J connectivity index is 0.000000360. The quantitative estimate of drug-likeness (QED) is 0.611. The van der Waals surface area contributed by atoms with Gasteiger partial charge in [0.1, 0.15) is 6.26 Å². The third-order valence-electron chi connectivity index (χ3n) is 0.447. The summed E-state index contributed by atoms with van der Waals surface area (Å²) in [6, 6.07) is 1.31. The standard InChI is InChI=1S/C3H3NO2.BrH/c5-3-1-2-6-4-3;/h1-2H,(H,4,5);1H. The fourth-order valence-electron chi connectivity index (χ4n) is 0.222. The van der Waals surface area contributed by atoms with Crippen molar-refractivity contribution in [1.82, 2.24) is 5.16 Å². The first kappa shape index (κ1) is 6.49. The van der Waals surface area contributed by atoms with Crippen molar-refractivity contribution < 1.29 is 4.52 Å². The van der Waals surface area contributed by atoms with Crippen LogP contribution in [0.1, 0.15) is 0 Å². The molecule has 7 heavy (non-hydrogen) atoms. The monoisotopic (exact) mass is 165 g/mol. The van der Waals surface area contributed by atoms with E-state index in [1.165, 1.54) is 12.3 Å². The van der Waals surface area contributed by atoms with Gasteiger partial charge in [-0.05, 0) is 0 Å². The fraction of sp³-hybridized carbons (Fsp3) is 0. The second kappa shape index (κ2) is 2.63. The van der Waals surface area contributed by atoms with Crippen molar-refractivity contribution in [2.75, 3.05) is 0 Å². The highest BCUT2D eigenvalue weighted by molar-refractivity contribution is 8.93. The van der Waals surface area contributed by atoms with Gasteiger partial charge in [-0.2, -0.15) is 5.16 Å². The van der Waals surface area contributed by atoms with Crippen LogP contribution >= 0.6 is 17.0 Å². The summed E-state index contributed by atoms with van der Waals surface area (Å²) in [5.41, 5.74) is -0.199. The van der Waals surface area contributed by atoms with Crippen LogP contribution in [0.5, 0.6) is 0 Å². The molecular formula is C3H4BrNO2. The molecule has 3 nitrogen and oxygen atoms in total. The minimum Gasteiger partial charge on any atom is -0.387 e. The van der Waals surface area contributed by atoms with Gasteiger partial charge in [-0.25, -0.2) is 0 Å². The molecule has 0 aliphatic rings. The van der Waals surface area contributed by atoms with Gasteiger partial charge in [-0.3, -0.25) is 4.79 Å². The molecular weight excluding hydrogens is 162 g/mol. The van der Waals surface area contributed by atoms with Crippen molar-refractivity contribution in [3.8, 4) is 0 Å². The molecule has 0 saturated carbocycles. The lowest BCUT2D eigenvalue weighted by Crippen LogP contribution is -1.91. The largest absolute Gasteiger partial charge is 0.387 e. The number of nitrogens with one attached hydrogen (secondary N) is 1. The predicted octanol–water partition coefficient (Wildman–Crippen LogP) is 0.546. The Hall–Kier alpha value is -0.510. The maximum Gasteiger partial charge on any atom is 0.279 e. The first-order chi connectivity index (χ1) is 2.89. The van der Waals surface area contributed by atoms with E-state index in [2.05, 4.69) is 9.68 Å². The molecule has 0 aliphatic carbocycles. The average molecular weight is 166 g/mol. The van der Waals surface area contributed by atoms with Gasteiger partial charge in [0.15, 0.2) is 0 Å². The lowest BCUT2D eigenvalue weighted by molar-refractivity contribution is 0.413. The van der Waals surface area contributed by atoms with Crippen LogP contribution in [0, 0.1) is 0 Å². The zero-order chi connectivity index (χ0) is 4.41. The molecule has 1 aromatic rings. The second-order valence-electron chi connectivity index (χ2n) is 0.887. The molecule has 1 heterocycles. The van der Waals surface area contributed by atoms with Gasteiger partial charge in [0.05, 0.1) is 0 Å². The molecule has 0 radical (unpaired) electrons. The van der Waals surface area contributed by atoms with Gasteiger partial charge in [0, 0.05) is 6.07 Å². The zero-order valence-electron chi connectivity index (χ0n) is 3.38. The maximum absolute atomic E-state index is 9.92. The van der Waals surface area contributed by atoms with E-state index in [1.54, 1.807) is 0 Å². The van der Waals surface area contributed by atoms with Crippen molar-refractivity contribution in [3.63, 3.8) is 0 Å². The van der Waals surface area contributed by atoms with E-state index < -0.39 is 0 Å². The van der Waals surface area contributed by atoms with E-state index in [0.29, 0.717) is 0 Å². The molecule has 0 atom stereocenters. The van der Waals surface area contributed by atoms with Crippen LogP contribution in [0.2, 0.25) is 0 Å². The first-order valence-corrected chi connectivity index (χ1v) is 1.52. The van der Waals surface area contributed by atoms with Crippen LogP contribution in [0.25, 0.3) is 0 Å². The van der Waals surface area contributed by atoms with Gasteiger partial charge < -0.3 is 4.52 Å². The first-order valence-electron chi connectivity index (χ1n) is 1.52. The van der Waals surface area contributed by atoms with E-state index in [1.807, 2.05) is 0 Å². The van der Waals surface area contributed by atoms with Crippen molar-refractivity contribution in [1.29, 1.82) is 0 Å². The Morgan fingerprint density at radius 3 is 2.57 bits per heavy atom. The topological polar surface area (TPSA) is 46.0 Å². The van der Waals surface area contributed by atoms with Gasteiger partial charge in [-0.1, -0.05) is 0 Å². The Morgan fingerprint density at radius 2 is 2.43 bits per heavy atom. The molecule has 0 spiro atoms. The van der Waals surface area contributed by atoms with Crippen LogP contribution in [0.3, 0.4) is 0 Å². The Labute approximate surface area is 50.1 Å². The minimum atomic E-state index is -0.199. The Bertz CT molecular complexity index is 151. The molecule has 40 valence electrons. The van der Waals surface area contributed by atoms with E-state index in [-0.39, 0.29) is 22.5 Å². The smallest absolute Gasteiger partial charge is 0.279 e. The summed E-state index contributed by atoms with van der Waals surface area (Å²) in [5, 5.41) is 2.07. The van der Waals surface area contributed by atoms with Gasteiger partial charge in [0.2, 0.25) is 0 Å². The van der Waals surface area contributed by atoms with Crippen molar-refractivity contribution >= 4 is 17.0 Å². The predicted molar refractivity (Wildman–Crippen MR) is 29.7 cm³/mol. The summed E-state index contributed by atoms with van der Waals surface area (Å²) >= 11 is 0. The lowest BCUT2D eigenvalue weighted by Gasteiger charge is -1.54. The van der Waals surface area contributed by atoms with Crippen LogP contribution < -0.4 is 5.56 Å². The second-order valence-corrected chi connectivity index (χ2v) is 0.887. The molecule has 0 saturated heterocycles. The highest BCUT2D eigenvalue weighted by atomic mass is 79.9. The molecule has 0 amide bonds. The average Bonchev–Trinajstić information content (AvgIpc) is 1.86. The SMILES string of the molecule is Br.O=c1cco[nH]1. The summed E-state index contributed by atoms with van der Waals surface area (Å²) < 4.78 is 4.28. The normalized spacial score (nSPS) is 7.43. The Morgan fingerprint density at radius 1 is 1.71 bits per heavy atom. The summed E-state index contributed by atoms with van der Waals surface area (Å²) in [5.74, 6) is 0. The number of halogens is 1. The highest BCUT2D eigenvalue weighted by Gasteiger charge is 1.73. The molecule has 4 heteroatoms. The van der Waals surface area contributed by atoms with Crippen LogP contribution in [0.15, 0.2) is 21.6 Å². The van der Waals surface area contributed by atoms with Crippen molar-refractivity contribution in [2.45, 2.75) is 0 Å². The van der Waals surface area contributed by atoms with Crippen LogP contribution in [0.4, 0.5) is 0 Å². The summed E-state index contributed by atoms with van der Waals surface area (Å²) in [4.78, 5) is 9.92. The van der Waals surface area contributed by atoms with Crippen LogP contribution in [-0.2, 0) is 0 Å². The number of hydrogen-bond donors (Lipinski definition) is 1. The maximum atomic E-state index is 9.92. The highest BCUT2D eigenvalue weighted by Crippen LogP contribution is 1.62. The molecule has 1 aromatic heterocycles. The summed E-state index contributed by atoms with van der Waals surface area (Å²) in [7, 11) is 0. The fourth-order valence-corrected chi connectivity index (χ4v) is 0.222. The third kappa shape index (κ3) is 1.59. The minimum absolute atomic E-state index is 0. The summed E-state index contributed by atoms with van der Waals surface area (Å²) in [6.07, 6.45) is 1.29. The van der Waals surface area contributed by atoms with Crippen molar-refractivity contribution in [3.05, 3.63) is 22.7 Å². The molecule has 0 fully saturated rings. The van der Waals surface area contributed by atoms with Gasteiger partial charge >= 0.3 is 0 Å². The number of aromatic nitrogens is 1. The number of H-pyrrole nitrogens is 1. The third-order valence-corrected chi connectivity index (χ3v) is 0.447. The summed E-state index contributed by atoms with van der Waals surface area (Å²) in [6.45, 7) is 0. The van der Waals surface area contributed by atoms with Gasteiger partial charge in [-0.15, -0.1) is 17.0 Å². The molecule has 1 rings (SSSR count). The van der Waals surface area contributed by atoms with E-state index >= 15 is 0 Å². The van der Waals surface area contributed by atoms with E-state index in [9.17, 15) is 4.79 Å².